The van der Waals surface area contributed by atoms with Crippen molar-refractivity contribution in [1.29, 1.82) is 0 Å². The maximum absolute atomic E-state index is 13.0. The third kappa shape index (κ3) is 3.79. The van der Waals surface area contributed by atoms with E-state index in [9.17, 15) is 19.1 Å². The van der Waals surface area contributed by atoms with Gasteiger partial charge in [-0.1, -0.05) is 12.1 Å². The number of aliphatic hydroxyl groups is 1. The number of rotatable bonds is 3. The Morgan fingerprint density at radius 2 is 1.88 bits per heavy atom. The molecule has 5 nitrogen and oxygen atoms in total. The van der Waals surface area contributed by atoms with Crippen LogP contribution in [-0.4, -0.2) is 39.6 Å². The van der Waals surface area contributed by atoms with Crippen molar-refractivity contribution in [1.82, 2.24) is 9.88 Å². The Morgan fingerprint density at radius 1 is 1.24 bits per heavy atom. The molecule has 6 heteroatoms. The first kappa shape index (κ1) is 17.4. The average molecular weight is 344 g/mol. The standard InChI is InChI=1S/C19H21FN2O3/c1-13-11-21-12-16(17(13)23)18(24)22-8-6-19(25,7-9-22)10-14-2-4-15(20)5-3-14/h2-5,11-12,25H,6-10H2,1H3,(H,21,23). The van der Waals surface area contributed by atoms with E-state index in [2.05, 4.69) is 4.98 Å². The van der Waals surface area contributed by atoms with Gasteiger partial charge in [-0.3, -0.25) is 9.59 Å². The smallest absolute Gasteiger partial charge is 0.259 e. The van der Waals surface area contributed by atoms with E-state index in [4.69, 9.17) is 0 Å². The number of hydrogen-bond donors (Lipinski definition) is 2. The largest absolute Gasteiger partial charge is 0.389 e. The number of carbonyl (C=O) groups excluding carboxylic acids is 1. The van der Waals surface area contributed by atoms with Crippen LogP contribution in [0.25, 0.3) is 0 Å². The molecular formula is C19H21FN2O3. The number of benzene rings is 1. The molecular weight excluding hydrogens is 323 g/mol. The summed E-state index contributed by atoms with van der Waals surface area (Å²) in [5, 5.41) is 10.8. The molecule has 2 heterocycles. The van der Waals surface area contributed by atoms with Gasteiger partial charge in [-0.05, 0) is 37.5 Å². The third-order valence-electron chi connectivity index (χ3n) is 4.79. The second kappa shape index (κ2) is 6.80. The number of hydrogen-bond acceptors (Lipinski definition) is 3. The summed E-state index contributed by atoms with van der Waals surface area (Å²) in [6.07, 6.45) is 4.24. The molecule has 1 amide bonds. The number of nitrogens with zero attached hydrogens (tertiary/aromatic N) is 1. The fraction of sp³-hybridized carbons (Fsp3) is 0.368. The summed E-state index contributed by atoms with van der Waals surface area (Å²) in [5.41, 5.74) is 0.294. The van der Waals surface area contributed by atoms with Crippen LogP contribution in [0.5, 0.6) is 0 Å². The van der Waals surface area contributed by atoms with E-state index in [1.54, 1.807) is 30.2 Å². The zero-order valence-electron chi connectivity index (χ0n) is 14.1. The van der Waals surface area contributed by atoms with Gasteiger partial charge in [0.1, 0.15) is 11.4 Å². The molecule has 1 aromatic carbocycles. The van der Waals surface area contributed by atoms with Crippen molar-refractivity contribution in [2.24, 2.45) is 0 Å². The second-order valence-corrected chi connectivity index (χ2v) is 6.70. The van der Waals surface area contributed by atoms with Gasteiger partial charge in [0.25, 0.3) is 5.91 Å². The molecule has 0 spiro atoms. The van der Waals surface area contributed by atoms with Gasteiger partial charge in [0.15, 0.2) is 5.43 Å². The van der Waals surface area contributed by atoms with Gasteiger partial charge >= 0.3 is 0 Å². The Hall–Kier alpha value is -2.47. The number of amides is 1. The summed E-state index contributed by atoms with van der Waals surface area (Å²) in [4.78, 5) is 29.1. The average Bonchev–Trinajstić information content (AvgIpc) is 2.59. The second-order valence-electron chi connectivity index (χ2n) is 6.70. The number of pyridine rings is 1. The van der Waals surface area contributed by atoms with Crippen molar-refractivity contribution in [2.75, 3.05) is 13.1 Å². The van der Waals surface area contributed by atoms with E-state index in [0.29, 0.717) is 37.9 Å². The number of likely N-dealkylation sites (tertiary alicyclic amines) is 1. The van der Waals surface area contributed by atoms with Crippen molar-refractivity contribution >= 4 is 5.91 Å². The molecule has 0 radical (unpaired) electrons. The molecule has 2 N–H and O–H groups in total. The lowest BCUT2D eigenvalue weighted by Crippen LogP contribution is -2.48. The summed E-state index contributed by atoms with van der Waals surface area (Å²) >= 11 is 0. The van der Waals surface area contributed by atoms with Crippen molar-refractivity contribution in [3.8, 4) is 0 Å². The van der Waals surface area contributed by atoms with E-state index >= 15 is 0 Å². The highest BCUT2D eigenvalue weighted by Gasteiger charge is 2.34. The van der Waals surface area contributed by atoms with Crippen LogP contribution in [-0.2, 0) is 6.42 Å². The molecule has 0 atom stereocenters. The number of nitrogens with one attached hydrogen (secondary N) is 1. The van der Waals surface area contributed by atoms with Crippen molar-refractivity contribution in [3.63, 3.8) is 0 Å². The molecule has 3 rings (SSSR count). The first-order valence-electron chi connectivity index (χ1n) is 8.32. The number of aromatic nitrogens is 1. The van der Waals surface area contributed by atoms with Crippen LogP contribution in [0.4, 0.5) is 4.39 Å². The van der Waals surface area contributed by atoms with E-state index in [1.165, 1.54) is 18.3 Å². The first-order chi connectivity index (χ1) is 11.9. The summed E-state index contributed by atoms with van der Waals surface area (Å²) < 4.78 is 13.0. The molecule has 25 heavy (non-hydrogen) atoms. The normalized spacial score (nSPS) is 16.7. The third-order valence-corrected chi connectivity index (χ3v) is 4.79. The molecule has 1 aromatic heterocycles. The molecule has 1 aliphatic rings. The van der Waals surface area contributed by atoms with E-state index in [0.717, 1.165) is 5.56 Å². The first-order valence-corrected chi connectivity index (χ1v) is 8.32. The zero-order valence-corrected chi connectivity index (χ0v) is 14.1. The minimum Gasteiger partial charge on any atom is -0.389 e. The highest BCUT2D eigenvalue weighted by atomic mass is 19.1. The van der Waals surface area contributed by atoms with Gasteiger partial charge in [0.2, 0.25) is 0 Å². The van der Waals surface area contributed by atoms with Crippen LogP contribution in [0.3, 0.4) is 0 Å². The Balaban J connectivity index is 1.66. The quantitative estimate of drug-likeness (QED) is 0.895. The highest BCUT2D eigenvalue weighted by Crippen LogP contribution is 2.27. The van der Waals surface area contributed by atoms with Gasteiger partial charge in [0, 0.05) is 37.5 Å². The molecule has 0 aliphatic carbocycles. The number of halogens is 1. The molecule has 1 fully saturated rings. The zero-order chi connectivity index (χ0) is 18.0. The summed E-state index contributed by atoms with van der Waals surface area (Å²) in [7, 11) is 0. The van der Waals surface area contributed by atoms with Crippen LogP contribution >= 0.6 is 0 Å². The minimum absolute atomic E-state index is 0.129. The number of piperidine rings is 1. The van der Waals surface area contributed by atoms with Crippen LogP contribution in [0.1, 0.15) is 34.3 Å². The summed E-state index contributed by atoms with van der Waals surface area (Å²) in [5.74, 6) is -0.617. The van der Waals surface area contributed by atoms with Crippen molar-refractivity contribution < 1.29 is 14.3 Å². The van der Waals surface area contributed by atoms with Crippen molar-refractivity contribution in [2.45, 2.75) is 31.8 Å². The van der Waals surface area contributed by atoms with Gasteiger partial charge < -0.3 is 15.0 Å². The van der Waals surface area contributed by atoms with E-state index < -0.39 is 5.60 Å². The predicted octanol–water partition coefficient (Wildman–Crippen LogP) is 2.03. The fourth-order valence-electron chi connectivity index (χ4n) is 3.21. The molecule has 0 bridgehead atoms. The van der Waals surface area contributed by atoms with Gasteiger partial charge in [-0.2, -0.15) is 0 Å². The van der Waals surface area contributed by atoms with E-state index in [-0.39, 0.29) is 22.7 Å². The van der Waals surface area contributed by atoms with Crippen LogP contribution in [0, 0.1) is 12.7 Å². The Kier molecular flexibility index (Phi) is 4.72. The lowest BCUT2D eigenvalue weighted by atomic mass is 9.85. The molecule has 132 valence electrons. The molecule has 0 unspecified atom stereocenters. The topological polar surface area (TPSA) is 73.4 Å². The molecule has 0 saturated carbocycles. The fourth-order valence-corrected chi connectivity index (χ4v) is 3.21. The van der Waals surface area contributed by atoms with Gasteiger partial charge in [-0.15, -0.1) is 0 Å². The highest BCUT2D eigenvalue weighted by molar-refractivity contribution is 5.94. The monoisotopic (exact) mass is 344 g/mol. The minimum atomic E-state index is -0.923. The number of H-pyrrole nitrogens is 1. The summed E-state index contributed by atoms with van der Waals surface area (Å²) in [6, 6.07) is 6.08. The van der Waals surface area contributed by atoms with Crippen LogP contribution < -0.4 is 5.43 Å². The number of aryl methyl sites for hydroxylation is 1. The maximum atomic E-state index is 13.0. The Bertz CT molecular complexity index is 821. The predicted molar refractivity (Wildman–Crippen MR) is 92.0 cm³/mol. The van der Waals surface area contributed by atoms with Gasteiger partial charge in [0.05, 0.1) is 5.60 Å². The van der Waals surface area contributed by atoms with Crippen LogP contribution in [0.2, 0.25) is 0 Å². The lowest BCUT2D eigenvalue weighted by Gasteiger charge is -2.38. The lowest BCUT2D eigenvalue weighted by molar-refractivity contribution is -0.0162. The Labute approximate surface area is 145 Å². The number of carbonyl (C=O) groups is 1. The van der Waals surface area contributed by atoms with Gasteiger partial charge in [-0.25, -0.2) is 4.39 Å². The molecule has 1 aliphatic heterocycles. The number of aromatic amines is 1. The summed E-state index contributed by atoms with van der Waals surface area (Å²) in [6.45, 7) is 2.42. The molecule has 1 saturated heterocycles. The Morgan fingerprint density at radius 3 is 2.52 bits per heavy atom. The maximum Gasteiger partial charge on any atom is 0.259 e. The van der Waals surface area contributed by atoms with Crippen molar-refractivity contribution in [3.05, 3.63) is 69.4 Å². The van der Waals surface area contributed by atoms with E-state index in [1.807, 2.05) is 0 Å². The van der Waals surface area contributed by atoms with Crippen LogP contribution in [0.15, 0.2) is 41.5 Å². The molecule has 2 aromatic rings. The SMILES string of the molecule is Cc1c[nH]cc(C(=O)N2CCC(O)(Cc3ccc(F)cc3)CC2)c1=O.